The number of hydrogen-bond acceptors (Lipinski definition) is 4. The summed E-state index contributed by atoms with van der Waals surface area (Å²) in [7, 11) is 0. The topological polar surface area (TPSA) is 106 Å². The number of aromatic nitrogens is 2. The molecule has 92 valence electrons. The van der Waals surface area contributed by atoms with Crippen LogP contribution in [0.2, 0.25) is 0 Å². The fourth-order valence-corrected chi connectivity index (χ4v) is 1.88. The zero-order valence-corrected chi connectivity index (χ0v) is 9.10. The minimum absolute atomic E-state index is 0.112. The summed E-state index contributed by atoms with van der Waals surface area (Å²) < 4.78 is 0. The Morgan fingerprint density at radius 1 is 1.47 bits per heavy atom. The second-order valence-electron chi connectivity index (χ2n) is 4.03. The predicted molar refractivity (Wildman–Crippen MR) is 58.8 cm³/mol. The monoisotopic (exact) mass is 239 g/mol. The van der Waals surface area contributed by atoms with Gasteiger partial charge in [0.2, 0.25) is 0 Å². The van der Waals surface area contributed by atoms with E-state index in [1.54, 1.807) is 0 Å². The first-order valence-corrected chi connectivity index (χ1v) is 5.37. The normalized spacial score (nSPS) is 20.3. The van der Waals surface area contributed by atoms with Gasteiger partial charge in [-0.3, -0.25) is 14.6 Å². The Bertz CT molecular complexity index is 533. The molecule has 1 atom stereocenters. The maximum atomic E-state index is 12.0. The van der Waals surface area contributed by atoms with Gasteiger partial charge in [0.15, 0.2) is 0 Å². The van der Waals surface area contributed by atoms with E-state index in [-0.39, 0.29) is 12.1 Å². The number of aliphatic hydroxyl groups is 1. The smallest absolute Gasteiger partial charge is 0.325 e. The van der Waals surface area contributed by atoms with Gasteiger partial charge < -0.3 is 15.0 Å². The molecule has 0 radical (unpaired) electrons. The van der Waals surface area contributed by atoms with Crippen molar-refractivity contribution in [3.05, 3.63) is 32.6 Å². The van der Waals surface area contributed by atoms with Crippen molar-refractivity contribution >= 4 is 5.91 Å². The van der Waals surface area contributed by atoms with E-state index in [1.165, 1.54) is 4.90 Å². The van der Waals surface area contributed by atoms with Crippen molar-refractivity contribution in [2.24, 2.45) is 0 Å². The number of nitrogens with zero attached hydrogens (tertiary/aromatic N) is 1. The second-order valence-corrected chi connectivity index (χ2v) is 4.03. The molecule has 1 amide bonds. The number of hydrogen-bond donors (Lipinski definition) is 3. The molecular weight excluding hydrogens is 226 g/mol. The van der Waals surface area contributed by atoms with Crippen molar-refractivity contribution in [1.82, 2.24) is 14.9 Å². The Morgan fingerprint density at radius 2 is 2.24 bits per heavy atom. The van der Waals surface area contributed by atoms with Crippen molar-refractivity contribution in [1.29, 1.82) is 0 Å². The summed E-state index contributed by atoms with van der Waals surface area (Å²) in [6.45, 7) is 0.728. The van der Waals surface area contributed by atoms with Crippen LogP contribution < -0.4 is 11.2 Å². The third-order valence-corrected chi connectivity index (χ3v) is 2.73. The van der Waals surface area contributed by atoms with Gasteiger partial charge in [-0.25, -0.2) is 4.79 Å². The van der Waals surface area contributed by atoms with Crippen molar-refractivity contribution in [2.45, 2.75) is 18.9 Å². The largest absolute Gasteiger partial charge is 0.391 e. The molecular formula is C10H13N3O4. The molecule has 0 aromatic carbocycles. The van der Waals surface area contributed by atoms with E-state index in [1.807, 2.05) is 4.98 Å². The molecule has 0 bridgehead atoms. The number of rotatable bonds is 1. The summed E-state index contributed by atoms with van der Waals surface area (Å²) in [5.74, 6) is -0.471. The number of carbonyl (C=O) groups excluding carboxylic acids is 1. The van der Waals surface area contributed by atoms with Crippen LogP contribution in [0.1, 0.15) is 23.2 Å². The Labute approximate surface area is 96.1 Å². The first-order valence-electron chi connectivity index (χ1n) is 5.37. The predicted octanol–water partition coefficient (Wildman–Crippen LogP) is -1.34. The number of amides is 1. The molecule has 1 saturated heterocycles. The Morgan fingerprint density at radius 3 is 2.88 bits per heavy atom. The third kappa shape index (κ3) is 2.44. The van der Waals surface area contributed by atoms with Gasteiger partial charge in [-0.1, -0.05) is 0 Å². The fourth-order valence-electron chi connectivity index (χ4n) is 1.88. The number of likely N-dealkylation sites (tertiary alicyclic amines) is 1. The van der Waals surface area contributed by atoms with Crippen LogP contribution in [0.5, 0.6) is 0 Å². The standard InChI is InChI=1S/C10H13N3O4/c14-6-2-1-3-13(5-6)9(16)7-4-11-10(17)12-8(7)15/h4,6,14H,1-3,5H2,(H2,11,12,15,17)/t6-/m0/s1. The summed E-state index contributed by atoms with van der Waals surface area (Å²) in [5.41, 5.74) is -1.47. The highest BCUT2D eigenvalue weighted by atomic mass is 16.3. The highest BCUT2D eigenvalue weighted by Crippen LogP contribution is 2.11. The highest BCUT2D eigenvalue weighted by molar-refractivity contribution is 5.93. The van der Waals surface area contributed by atoms with E-state index in [0.29, 0.717) is 19.4 Å². The number of carbonyl (C=O) groups is 1. The third-order valence-electron chi connectivity index (χ3n) is 2.73. The van der Waals surface area contributed by atoms with Crippen molar-refractivity contribution < 1.29 is 9.90 Å². The van der Waals surface area contributed by atoms with Gasteiger partial charge in [0.1, 0.15) is 5.56 Å². The van der Waals surface area contributed by atoms with E-state index in [0.717, 1.165) is 6.20 Å². The molecule has 2 heterocycles. The molecule has 1 aliphatic rings. The van der Waals surface area contributed by atoms with Crippen LogP contribution in [0, 0.1) is 0 Å². The molecule has 0 spiro atoms. The lowest BCUT2D eigenvalue weighted by Crippen LogP contribution is -2.44. The first-order chi connectivity index (χ1) is 8.08. The van der Waals surface area contributed by atoms with E-state index < -0.39 is 23.3 Å². The zero-order valence-electron chi connectivity index (χ0n) is 9.10. The molecule has 1 fully saturated rings. The van der Waals surface area contributed by atoms with Crippen LogP contribution in [-0.2, 0) is 0 Å². The molecule has 3 N–H and O–H groups in total. The Balaban J connectivity index is 2.24. The van der Waals surface area contributed by atoms with Crippen molar-refractivity contribution in [2.75, 3.05) is 13.1 Å². The van der Waals surface area contributed by atoms with E-state index in [9.17, 15) is 19.5 Å². The quantitative estimate of drug-likeness (QED) is 0.564. The fraction of sp³-hybridized carbons (Fsp3) is 0.500. The Hall–Kier alpha value is -1.89. The maximum Gasteiger partial charge on any atom is 0.325 e. The summed E-state index contributed by atoms with van der Waals surface area (Å²) in [4.78, 5) is 39.8. The zero-order chi connectivity index (χ0) is 12.4. The van der Waals surface area contributed by atoms with Crippen LogP contribution in [0.4, 0.5) is 0 Å². The molecule has 0 unspecified atom stereocenters. The number of piperidine rings is 1. The van der Waals surface area contributed by atoms with Gasteiger partial charge in [0, 0.05) is 19.3 Å². The van der Waals surface area contributed by atoms with Crippen molar-refractivity contribution in [3.63, 3.8) is 0 Å². The maximum absolute atomic E-state index is 12.0. The van der Waals surface area contributed by atoms with Crippen molar-refractivity contribution in [3.8, 4) is 0 Å². The van der Waals surface area contributed by atoms with E-state index >= 15 is 0 Å². The second kappa shape index (κ2) is 4.54. The number of H-pyrrole nitrogens is 2. The molecule has 0 aliphatic carbocycles. The number of aliphatic hydroxyl groups excluding tert-OH is 1. The van der Waals surface area contributed by atoms with Crippen LogP contribution in [0.25, 0.3) is 0 Å². The molecule has 1 aliphatic heterocycles. The lowest BCUT2D eigenvalue weighted by atomic mass is 10.1. The summed E-state index contributed by atoms with van der Waals surface area (Å²) in [5, 5.41) is 9.45. The minimum Gasteiger partial charge on any atom is -0.391 e. The Kier molecular flexibility index (Phi) is 3.10. The number of aromatic amines is 2. The van der Waals surface area contributed by atoms with Crippen LogP contribution in [-0.4, -0.2) is 45.1 Å². The molecule has 7 heteroatoms. The molecule has 1 aromatic rings. The molecule has 2 rings (SSSR count). The first kappa shape index (κ1) is 11.6. The molecule has 17 heavy (non-hydrogen) atoms. The van der Waals surface area contributed by atoms with E-state index in [2.05, 4.69) is 4.98 Å². The SMILES string of the molecule is O=C(c1c[nH]c(=O)[nH]c1=O)N1CCC[C@H](O)C1. The number of β-amino-alcohol motifs (C(OH)–C–C–N with tert-alkyl or cyclic N) is 1. The van der Waals surface area contributed by atoms with Crippen LogP contribution in [0.3, 0.4) is 0 Å². The van der Waals surface area contributed by atoms with Gasteiger partial charge in [-0.05, 0) is 12.8 Å². The minimum atomic E-state index is -0.709. The van der Waals surface area contributed by atoms with E-state index in [4.69, 9.17) is 0 Å². The van der Waals surface area contributed by atoms with Gasteiger partial charge >= 0.3 is 5.69 Å². The van der Waals surface area contributed by atoms with Crippen LogP contribution >= 0.6 is 0 Å². The molecule has 7 nitrogen and oxygen atoms in total. The molecule has 1 aromatic heterocycles. The highest BCUT2D eigenvalue weighted by Gasteiger charge is 2.24. The average molecular weight is 239 g/mol. The average Bonchev–Trinajstić information content (AvgIpc) is 2.28. The van der Waals surface area contributed by atoms with Gasteiger partial charge in [0.25, 0.3) is 11.5 Å². The van der Waals surface area contributed by atoms with Gasteiger partial charge in [-0.15, -0.1) is 0 Å². The van der Waals surface area contributed by atoms with Gasteiger partial charge in [-0.2, -0.15) is 0 Å². The summed E-state index contributed by atoms with van der Waals surface area (Å²) in [6, 6.07) is 0. The van der Waals surface area contributed by atoms with Crippen LogP contribution in [0.15, 0.2) is 15.8 Å². The summed E-state index contributed by atoms with van der Waals surface area (Å²) >= 11 is 0. The molecule has 0 saturated carbocycles. The summed E-state index contributed by atoms with van der Waals surface area (Å²) in [6.07, 6.45) is 1.92. The lowest BCUT2D eigenvalue weighted by Gasteiger charge is -2.29. The van der Waals surface area contributed by atoms with Gasteiger partial charge in [0.05, 0.1) is 6.10 Å². The lowest BCUT2D eigenvalue weighted by molar-refractivity contribution is 0.0472. The number of nitrogens with one attached hydrogen (secondary N) is 2.